The first-order valence-corrected chi connectivity index (χ1v) is 8.08. The van der Waals surface area contributed by atoms with Crippen LogP contribution in [0.1, 0.15) is 34.6 Å². The van der Waals surface area contributed by atoms with Gasteiger partial charge < -0.3 is 5.11 Å². The van der Waals surface area contributed by atoms with Crippen molar-refractivity contribution in [2.24, 2.45) is 10.8 Å². The van der Waals surface area contributed by atoms with E-state index in [1.54, 1.807) is 11.8 Å². The SMILES string of the molecule is CC(C)(C)C(C)(C)CSc1c(Cl)cc(O)c(Cl)c1Cl. The van der Waals surface area contributed by atoms with E-state index in [0.29, 0.717) is 10.0 Å². The van der Waals surface area contributed by atoms with Gasteiger partial charge in [0, 0.05) is 16.7 Å². The van der Waals surface area contributed by atoms with Crippen LogP contribution < -0.4 is 0 Å². The smallest absolute Gasteiger partial charge is 0.137 e. The molecule has 1 aromatic rings. The summed E-state index contributed by atoms with van der Waals surface area (Å²) in [5, 5.41) is 10.5. The van der Waals surface area contributed by atoms with Crippen LogP contribution in [0, 0.1) is 10.8 Å². The number of benzene rings is 1. The number of phenols is 1. The summed E-state index contributed by atoms with van der Waals surface area (Å²) in [5.74, 6) is 0.771. The van der Waals surface area contributed by atoms with Gasteiger partial charge in [0.15, 0.2) is 0 Å². The number of rotatable bonds is 3. The number of aromatic hydroxyl groups is 1. The van der Waals surface area contributed by atoms with E-state index in [-0.39, 0.29) is 21.6 Å². The van der Waals surface area contributed by atoms with Crippen molar-refractivity contribution in [3.05, 3.63) is 21.1 Å². The summed E-state index contributed by atoms with van der Waals surface area (Å²) in [5.41, 5.74) is 0.272. The Hall–Kier alpha value is 0.240. The van der Waals surface area contributed by atoms with Crippen molar-refractivity contribution in [1.82, 2.24) is 0 Å². The minimum atomic E-state index is -0.0869. The van der Waals surface area contributed by atoms with Crippen LogP contribution in [0.3, 0.4) is 0 Å². The highest BCUT2D eigenvalue weighted by Crippen LogP contribution is 2.47. The molecule has 0 radical (unpaired) electrons. The fraction of sp³-hybridized carbons (Fsp3) is 0.571. The van der Waals surface area contributed by atoms with Crippen LogP contribution in [-0.2, 0) is 0 Å². The van der Waals surface area contributed by atoms with Crippen LogP contribution in [0.2, 0.25) is 15.1 Å². The number of hydrogen-bond acceptors (Lipinski definition) is 2. The predicted molar refractivity (Wildman–Crippen MR) is 87.1 cm³/mol. The molecule has 0 fully saturated rings. The number of hydrogen-bond donors (Lipinski definition) is 1. The van der Waals surface area contributed by atoms with E-state index in [0.717, 1.165) is 10.6 Å². The first-order chi connectivity index (χ1) is 8.47. The summed E-state index contributed by atoms with van der Waals surface area (Å²) in [4.78, 5) is 0.725. The predicted octanol–water partition coefficient (Wildman–Crippen LogP) is 6.52. The zero-order valence-electron chi connectivity index (χ0n) is 11.8. The second kappa shape index (κ2) is 5.93. The molecule has 1 rings (SSSR count). The molecule has 19 heavy (non-hydrogen) atoms. The Bertz CT molecular complexity index is 479. The molecule has 0 spiro atoms. The maximum absolute atomic E-state index is 9.55. The molecule has 5 heteroatoms. The van der Waals surface area contributed by atoms with E-state index in [4.69, 9.17) is 34.8 Å². The third-order valence-corrected chi connectivity index (χ3v) is 6.66. The Kier molecular flexibility index (Phi) is 5.40. The quantitative estimate of drug-likeness (QED) is 0.499. The molecule has 0 aromatic heterocycles. The summed E-state index contributed by atoms with van der Waals surface area (Å²) in [6.45, 7) is 11.1. The maximum Gasteiger partial charge on any atom is 0.137 e. The van der Waals surface area contributed by atoms with E-state index >= 15 is 0 Å². The van der Waals surface area contributed by atoms with Crippen LogP contribution in [0.4, 0.5) is 0 Å². The van der Waals surface area contributed by atoms with E-state index in [1.165, 1.54) is 6.07 Å². The number of thioether (sulfide) groups is 1. The Labute approximate surface area is 134 Å². The number of phenolic OH excluding ortho intramolecular Hbond substituents is 1. The van der Waals surface area contributed by atoms with Crippen molar-refractivity contribution in [3.8, 4) is 5.75 Å². The number of halogens is 3. The third kappa shape index (κ3) is 3.87. The molecule has 0 aliphatic rings. The molecule has 0 aliphatic carbocycles. The summed E-state index contributed by atoms with van der Waals surface area (Å²) >= 11 is 19.8. The van der Waals surface area contributed by atoms with E-state index in [2.05, 4.69) is 34.6 Å². The molecule has 0 saturated carbocycles. The van der Waals surface area contributed by atoms with Gasteiger partial charge in [-0.3, -0.25) is 0 Å². The largest absolute Gasteiger partial charge is 0.506 e. The summed E-state index contributed by atoms with van der Waals surface area (Å²) in [7, 11) is 0. The minimum Gasteiger partial charge on any atom is -0.506 e. The molecule has 0 saturated heterocycles. The second-order valence-electron chi connectivity index (χ2n) is 6.26. The van der Waals surface area contributed by atoms with E-state index in [1.807, 2.05) is 0 Å². The van der Waals surface area contributed by atoms with Gasteiger partial charge in [0.05, 0.1) is 10.0 Å². The van der Waals surface area contributed by atoms with Gasteiger partial charge >= 0.3 is 0 Å². The average molecular weight is 342 g/mol. The van der Waals surface area contributed by atoms with Crippen LogP contribution in [-0.4, -0.2) is 10.9 Å². The van der Waals surface area contributed by atoms with Gasteiger partial charge in [0.2, 0.25) is 0 Å². The lowest BCUT2D eigenvalue weighted by Gasteiger charge is -2.38. The van der Waals surface area contributed by atoms with Crippen molar-refractivity contribution in [1.29, 1.82) is 0 Å². The topological polar surface area (TPSA) is 20.2 Å². The first kappa shape index (κ1) is 17.3. The molecule has 0 unspecified atom stereocenters. The van der Waals surface area contributed by atoms with Crippen LogP contribution >= 0.6 is 46.6 Å². The van der Waals surface area contributed by atoms with Gasteiger partial charge in [0.25, 0.3) is 0 Å². The van der Waals surface area contributed by atoms with Crippen molar-refractivity contribution in [2.75, 3.05) is 5.75 Å². The fourth-order valence-electron chi connectivity index (χ4n) is 1.17. The Morgan fingerprint density at radius 1 is 1.05 bits per heavy atom. The van der Waals surface area contributed by atoms with Gasteiger partial charge in [-0.1, -0.05) is 69.4 Å². The molecule has 1 N–H and O–H groups in total. The minimum absolute atomic E-state index is 0.0869. The van der Waals surface area contributed by atoms with Crippen molar-refractivity contribution >= 4 is 46.6 Å². The molecular formula is C14H19Cl3OS. The average Bonchev–Trinajstić information content (AvgIpc) is 2.24. The molecule has 0 atom stereocenters. The van der Waals surface area contributed by atoms with Crippen molar-refractivity contribution in [2.45, 2.75) is 39.5 Å². The summed E-state index contributed by atoms with van der Waals surface area (Å²) < 4.78 is 0. The molecule has 1 nitrogen and oxygen atoms in total. The second-order valence-corrected chi connectivity index (χ2v) is 8.41. The van der Waals surface area contributed by atoms with Crippen LogP contribution in [0.5, 0.6) is 5.75 Å². The molecule has 0 amide bonds. The summed E-state index contributed by atoms with van der Waals surface area (Å²) in [6, 6.07) is 1.43. The fourth-order valence-corrected chi connectivity index (χ4v) is 3.51. The monoisotopic (exact) mass is 340 g/mol. The van der Waals surface area contributed by atoms with Crippen LogP contribution in [0.15, 0.2) is 11.0 Å². The van der Waals surface area contributed by atoms with Gasteiger partial charge in [0.1, 0.15) is 10.8 Å². The highest BCUT2D eigenvalue weighted by molar-refractivity contribution is 7.99. The highest BCUT2D eigenvalue weighted by atomic mass is 35.5. The van der Waals surface area contributed by atoms with E-state index < -0.39 is 0 Å². The van der Waals surface area contributed by atoms with Gasteiger partial charge in [-0.05, 0) is 10.8 Å². The molecule has 0 aliphatic heterocycles. The van der Waals surface area contributed by atoms with Gasteiger partial charge in [-0.25, -0.2) is 0 Å². The lowest BCUT2D eigenvalue weighted by Crippen LogP contribution is -2.31. The molecule has 108 valence electrons. The highest BCUT2D eigenvalue weighted by Gasteiger charge is 2.33. The van der Waals surface area contributed by atoms with Crippen molar-refractivity contribution in [3.63, 3.8) is 0 Å². The zero-order valence-corrected chi connectivity index (χ0v) is 14.9. The third-order valence-electron chi connectivity index (χ3n) is 3.70. The Morgan fingerprint density at radius 2 is 1.58 bits per heavy atom. The zero-order chi connectivity index (χ0) is 15.0. The van der Waals surface area contributed by atoms with E-state index in [9.17, 15) is 5.11 Å². The molecule has 0 bridgehead atoms. The maximum atomic E-state index is 9.55. The molecule has 0 heterocycles. The van der Waals surface area contributed by atoms with Crippen molar-refractivity contribution < 1.29 is 5.11 Å². The molecule has 1 aromatic carbocycles. The van der Waals surface area contributed by atoms with Gasteiger partial charge in [-0.2, -0.15) is 0 Å². The summed E-state index contributed by atoms with van der Waals surface area (Å²) in [6.07, 6.45) is 0. The first-order valence-electron chi connectivity index (χ1n) is 5.96. The molecular weight excluding hydrogens is 323 g/mol. The van der Waals surface area contributed by atoms with Crippen LogP contribution in [0.25, 0.3) is 0 Å². The van der Waals surface area contributed by atoms with Gasteiger partial charge in [-0.15, -0.1) is 11.8 Å². The standard InChI is InChI=1S/C14H19Cl3OS/c1-13(2,3)14(4,5)7-19-12-8(15)6-9(18)10(16)11(12)17/h6,18H,7H2,1-5H3. The lowest BCUT2D eigenvalue weighted by molar-refractivity contribution is 0.162. The normalized spacial score (nSPS) is 12.8. The Balaban J connectivity index is 3.00. The lowest BCUT2D eigenvalue weighted by atomic mass is 9.71. The Morgan fingerprint density at radius 3 is 2.05 bits per heavy atom.